The van der Waals surface area contributed by atoms with Gasteiger partial charge in [-0.3, -0.25) is 14.8 Å². The molecule has 25 heavy (non-hydrogen) atoms. The van der Waals surface area contributed by atoms with E-state index in [2.05, 4.69) is 20.2 Å². The van der Waals surface area contributed by atoms with Crippen molar-refractivity contribution in [3.8, 4) is 0 Å². The van der Waals surface area contributed by atoms with Crippen LogP contribution in [0.15, 0.2) is 12.4 Å². The van der Waals surface area contributed by atoms with Crippen LogP contribution >= 0.6 is 0 Å². The summed E-state index contributed by atoms with van der Waals surface area (Å²) >= 11 is 0. The van der Waals surface area contributed by atoms with Crippen LogP contribution in [0, 0.1) is 17.8 Å². The van der Waals surface area contributed by atoms with Gasteiger partial charge in [-0.1, -0.05) is 19.3 Å². The van der Waals surface area contributed by atoms with Gasteiger partial charge in [0.15, 0.2) is 0 Å². The molecule has 0 spiro atoms. The molecule has 3 aliphatic rings. The van der Waals surface area contributed by atoms with Crippen LogP contribution in [0.1, 0.15) is 42.5 Å². The minimum atomic E-state index is -0.624. The summed E-state index contributed by atoms with van der Waals surface area (Å²) in [6.45, 7) is 1.65. The molecular weight excluding hydrogens is 322 g/mol. The number of hydrogen-bond donors (Lipinski definition) is 3. The molecule has 3 N–H and O–H groups in total. The molecule has 3 fully saturated rings. The van der Waals surface area contributed by atoms with E-state index in [0.717, 1.165) is 25.9 Å². The smallest absolute Gasteiger partial charge is 0.277 e. The van der Waals surface area contributed by atoms with Gasteiger partial charge in [0.1, 0.15) is 0 Å². The summed E-state index contributed by atoms with van der Waals surface area (Å²) in [6, 6.07) is 0.296. The van der Waals surface area contributed by atoms with Crippen molar-refractivity contribution < 1.29 is 14.8 Å². The SMILES string of the molecule is O=C(NO)c1cnc(N2CC3C(C2)C3NC(=O)C2CCCCC2)nc1. The first-order chi connectivity index (χ1) is 12.2. The summed E-state index contributed by atoms with van der Waals surface area (Å²) in [6.07, 6.45) is 8.46. The number of piperidine rings is 1. The van der Waals surface area contributed by atoms with Crippen molar-refractivity contribution in [3.63, 3.8) is 0 Å². The fourth-order valence-corrected chi connectivity index (χ4v) is 4.22. The molecule has 2 unspecified atom stereocenters. The molecule has 1 aliphatic heterocycles. The highest BCUT2D eigenvalue weighted by atomic mass is 16.5. The molecule has 4 rings (SSSR count). The van der Waals surface area contributed by atoms with Gasteiger partial charge in [0.05, 0.1) is 5.56 Å². The lowest BCUT2D eigenvalue weighted by atomic mass is 9.88. The van der Waals surface area contributed by atoms with E-state index in [-0.39, 0.29) is 17.4 Å². The number of hydroxylamine groups is 1. The second-order valence-electron chi connectivity index (χ2n) is 7.31. The second-order valence-corrected chi connectivity index (χ2v) is 7.31. The Kier molecular flexibility index (Phi) is 4.29. The zero-order valence-electron chi connectivity index (χ0n) is 14.0. The Morgan fingerprint density at radius 3 is 2.32 bits per heavy atom. The minimum Gasteiger partial charge on any atom is -0.352 e. The average Bonchev–Trinajstić information content (AvgIpc) is 3.10. The van der Waals surface area contributed by atoms with Gasteiger partial charge in [0.25, 0.3) is 5.91 Å². The van der Waals surface area contributed by atoms with Gasteiger partial charge in [-0.15, -0.1) is 0 Å². The van der Waals surface area contributed by atoms with Gasteiger partial charge in [-0.2, -0.15) is 0 Å². The Hall–Kier alpha value is -2.22. The van der Waals surface area contributed by atoms with E-state index in [0.29, 0.717) is 23.8 Å². The molecule has 2 amide bonds. The summed E-state index contributed by atoms with van der Waals surface area (Å²) in [4.78, 5) is 34.1. The third-order valence-electron chi connectivity index (χ3n) is 5.76. The van der Waals surface area contributed by atoms with Crippen molar-refractivity contribution in [3.05, 3.63) is 18.0 Å². The largest absolute Gasteiger partial charge is 0.352 e. The molecule has 1 saturated heterocycles. The summed E-state index contributed by atoms with van der Waals surface area (Å²) in [5.41, 5.74) is 1.78. The number of nitrogens with one attached hydrogen (secondary N) is 2. The summed E-state index contributed by atoms with van der Waals surface area (Å²) in [7, 11) is 0. The van der Waals surface area contributed by atoms with Gasteiger partial charge in [0.2, 0.25) is 11.9 Å². The number of nitrogens with zero attached hydrogens (tertiary/aromatic N) is 3. The normalized spacial score (nSPS) is 28.4. The topological polar surface area (TPSA) is 107 Å². The molecule has 0 radical (unpaired) electrons. The first-order valence-electron chi connectivity index (χ1n) is 8.99. The van der Waals surface area contributed by atoms with Gasteiger partial charge in [-0.25, -0.2) is 15.4 Å². The van der Waals surface area contributed by atoms with E-state index in [1.165, 1.54) is 31.7 Å². The highest BCUT2D eigenvalue weighted by Gasteiger charge is 2.57. The molecule has 8 heteroatoms. The Morgan fingerprint density at radius 1 is 1.08 bits per heavy atom. The first-order valence-corrected chi connectivity index (χ1v) is 8.99. The third-order valence-corrected chi connectivity index (χ3v) is 5.76. The van der Waals surface area contributed by atoms with E-state index in [4.69, 9.17) is 5.21 Å². The summed E-state index contributed by atoms with van der Waals surface area (Å²) in [5, 5.41) is 11.8. The lowest BCUT2D eigenvalue weighted by Crippen LogP contribution is -2.38. The Bertz CT molecular complexity index is 647. The van der Waals surface area contributed by atoms with E-state index in [1.807, 2.05) is 0 Å². The Balaban J connectivity index is 1.29. The standard InChI is InChI=1S/C17H23N5O3/c23-15(10-4-2-1-3-5-10)20-14-12-8-22(9-13(12)14)17-18-6-11(7-19-17)16(24)21-25/h6-7,10,12-14,25H,1-5,8-9H2,(H,20,23)(H,21,24). The second kappa shape index (κ2) is 6.59. The van der Waals surface area contributed by atoms with Crippen molar-refractivity contribution in [2.45, 2.75) is 38.1 Å². The number of fused-ring (bicyclic) bond motifs is 1. The van der Waals surface area contributed by atoms with Crippen molar-refractivity contribution in [2.24, 2.45) is 17.8 Å². The van der Waals surface area contributed by atoms with Crippen molar-refractivity contribution in [2.75, 3.05) is 18.0 Å². The predicted octanol–water partition coefficient (Wildman–Crippen LogP) is 0.727. The molecule has 2 atom stereocenters. The highest BCUT2D eigenvalue weighted by molar-refractivity contribution is 5.92. The number of aromatic nitrogens is 2. The van der Waals surface area contributed by atoms with Gasteiger partial charge in [0, 0.05) is 49.3 Å². The number of anilines is 1. The molecule has 1 aromatic rings. The Morgan fingerprint density at radius 2 is 1.72 bits per heavy atom. The quantitative estimate of drug-likeness (QED) is 0.548. The number of carbonyl (C=O) groups excluding carboxylic acids is 2. The molecule has 2 aliphatic carbocycles. The van der Waals surface area contributed by atoms with E-state index in [1.54, 1.807) is 5.48 Å². The maximum absolute atomic E-state index is 12.4. The first kappa shape index (κ1) is 16.3. The number of hydrogen-bond acceptors (Lipinski definition) is 6. The maximum atomic E-state index is 12.4. The molecular formula is C17H23N5O3. The van der Waals surface area contributed by atoms with Crippen LogP contribution < -0.4 is 15.7 Å². The van der Waals surface area contributed by atoms with Gasteiger partial charge < -0.3 is 10.2 Å². The fourth-order valence-electron chi connectivity index (χ4n) is 4.22. The number of rotatable bonds is 4. The number of amides is 2. The molecule has 134 valence electrons. The van der Waals surface area contributed by atoms with Crippen LogP contribution in [0.2, 0.25) is 0 Å². The molecule has 8 nitrogen and oxygen atoms in total. The van der Waals surface area contributed by atoms with E-state index in [9.17, 15) is 9.59 Å². The van der Waals surface area contributed by atoms with Crippen LogP contribution in [-0.2, 0) is 4.79 Å². The molecule has 2 heterocycles. The zero-order chi connectivity index (χ0) is 17.4. The van der Waals surface area contributed by atoms with E-state index >= 15 is 0 Å². The molecule has 2 saturated carbocycles. The van der Waals surface area contributed by atoms with Crippen molar-refractivity contribution >= 4 is 17.8 Å². The summed E-state index contributed by atoms with van der Waals surface area (Å²) in [5.74, 6) is 1.34. The van der Waals surface area contributed by atoms with Crippen LogP contribution in [-0.4, -0.2) is 46.1 Å². The number of carbonyl (C=O) groups is 2. The molecule has 1 aromatic heterocycles. The van der Waals surface area contributed by atoms with Crippen LogP contribution in [0.5, 0.6) is 0 Å². The molecule has 0 aromatic carbocycles. The Labute approximate surface area is 146 Å². The van der Waals surface area contributed by atoms with Crippen LogP contribution in [0.4, 0.5) is 5.95 Å². The fraction of sp³-hybridized carbons (Fsp3) is 0.647. The lowest BCUT2D eigenvalue weighted by Gasteiger charge is -2.23. The van der Waals surface area contributed by atoms with Gasteiger partial charge >= 0.3 is 0 Å². The van der Waals surface area contributed by atoms with Crippen LogP contribution in [0.25, 0.3) is 0 Å². The third kappa shape index (κ3) is 3.18. The summed E-state index contributed by atoms with van der Waals surface area (Å²) < 4.78 is 0. The van der Waals surface area contributed by atoms with Crippen LogP contribution in [0.3, 0.4) is 0 Å². The lowest BCUT2D eigenvalue weighted by molar-refractivity contribution is -0.126. The van der Waals surface area contributed by atoms with Crippen molar-refractivity contribution in [1.29, 1.82) is 0 Å². The maximum Gasteiger partial charge on any atom is 0.277 e. The minimum absolute atomic E-state index is 0.208. The highest BCUT2D eigenvalue weighted by Crippen LogP contribution is 2.46. The zero-order valence-corrected chi connectivity index (χ0v) is 14.0. The van der Waals surface area contributed by atoms with E-state index < -0.39 is 5.91 Å². The monoisotopic (exact) mass is 345 g/mol. The average molecular weight is 345 g/mol. The van der Waals surface area contributed by atoms with Gasteiger partial charge in [-0.05, 0) is 12.8 Å². The predicted molar refractivity (Wildman–Crippen MR) is 89.0 cm³/mol. The molecule has 0 bridgehead atoms. The van der Waals surface area contributed by atoms with Crippen molar-refractivity contribution in [1.82, 2.24) is 20.8 Å².